The van der Waals surface area contributed by atoms with E-state index in [4.69, 9.17) is 9.47 Å². The molecule has 0 saturated carbocycles. The summed E-state index contributed by atoms with van der Waals surface area (Å²) in [6, 6.07) is 5.90. The summed E-state index contributed by atoms with van der Waals surface area (Å²) in [4.78, 5) is 20.2. The number of hydrogen-bond donors (Lipinski definition) is 1. The summed E-state index contributed by atoms with van der Waals surface area (Å²) in [5, 5.41) is 7.44. The zero-order valence-electron chi connectivity index (χ0n) is 13.9. The highest BCUT2D eigenvalue weighted by Crippen LogP contribution is 2.22. The molecule has 0 spiro atoms. The quantitative estimate of drug-likeness (QED) is 0.910. The van der Waals surface area contributed by atoms with Crippen LogP contribution < -0.4 is 4.90 Å². The Morgan fingerprint density at radius 3 is 2.92 bits per heavy atom. The number of amides is 1. The van der Waals surface area contributed by atoms with Gasteiger partial charge in [0.1, 0.15) is 6.10 Å². The van der Waals surface area contributed by atoms with Crippen molar-refractivity contribution >= 4 is 11.9 Å². The maximum absolute atomic E-state index is 12.2. The fourth-order valence-corrected chi connectivity index (χ4v) is 3.08. The Bertz CT molecular complexity index is 706. The molecule has 4 rings (SSSR count). The zero-order chi connectivity index (χ0) is 17.1. The van der Waals surface area contributed by atoms with E-state index >= 15 is 0 Å². The van der Waals surface area contributed by atoms with Crippen LogP contribution in [-0.2, 0) is 9.47 Å². The number of nitrogens with zero attached hydrogens (tertiary/aromatic N) is 4. The van der Waals surface area contributed by atoms with Crippen LogP contribution in [0.3, 0.4) is 0 Å². The van der Waals surface area contributed by atoms with E-state index in [-0.39, 0.29) is 12.2 Å². The molecule has 2 aromatic heterocycles. The largest absolute Gasteiger partial charge is 0.444 e. The Labute approximate surface area is 145 Å². The first-order valence-corrected chi connectivity index (χ1v) is 8.53. The SMILES string of the molecule is O=C(OC1CCOC1)N1CCN(c2cc(-c3cccnc3)[nH]n2)CC1. The lowest BCUT2D eigenvalue weighted by molar-refractivity contribution is 0.0534. The van der Waals surface area contributed by atoms with Gasteiger partial charge in [0.05, 0.1) is 18.9 Å². The number of carbonyl (C=O) groups is 1. The molecule has 0 aliphatic carbocycles. The van der Waals surface area contributed by atoms with Gasteiger partial charge in [-0.25, -0.2) is 4.79 Å². The van der Waals surface area contributed by atoms with Crippen molar-refractivity contribution in [3.8, 4) is 11.3 Å². The van der Waals surface area contributed by atoms with E-state index in [0.29, 0.717) is 26.3 Å². The van der Waals surface area contributed by atoms with Gasteiger partial charge in [0, 0.05) is 56.6 Å². The van der Waals surface area contributed by atoms with Crippen molar-refractivity contribution in [1.29, 1.82) is 0 Å². The first kappa shape index (κ1) is 15.9. The minimum atomic E-state index is -0.242. The molecule has 0 aromatic carbocycles. The molecule has 8 heteroatoms. The van der Waals surface area contributed by atoms with Crippen molar-refractivity contribution in [3.05, 3.63) is 30.6 Å². The number of piperazine rings is 1. The number of nitrogens with one attached hydrogen (secondary N) is 1. The van der Waals surface area contributed by atoms with E-state index < -0.39 is 0 Å². The van der Waals surface area contributed by atoms with E-state index in [9.17, 15) is 4.79 Å². The summed E-state index contributed by atoms with van der Waals surface area (Å²) in [7, 11) is 0. The zero-order valence-corrected chi connectivity index (χ0v) is 13.9. The molecule has 2 aliphatic heterocycles. The Morgan fingerprint density at radius 2 is 2.20 bits per heavy atom. The number of H-pyrrole nitrogens is 1. The third kappa shape index (κ3) is 3.58. The second-order valence-corrected chi connectivity index (χ2v) is 6.22. The summed E-state index contributed by atoms with van der Waals surface area (Å²) in [6.45, 7) is 3.89. The first-order chi connectivity index (χ1) is 12.3. The normalized spacial score (nSPS) is 20.7. The third-order valence-corrected chi connectivity index (χ3v) is 4.55. The Morgan fingerprint density at radius 1 is 1.32 bits per heavy atom. The summed E-state index contributed by atoms with van der Waals surface area (Å²) >= 11 is 0. The molecule has 25 heavy (non-hydrogen) atoms. The molecule has 2 saturated heterocycles. The van der Waals surface area contributed by atoms with Crippen LogP contribution in [0.25, 0.3) is 11.3 Å². The van der Waals surface area contributed by atoms with E-state index in [0.717, 1.165) is 36.6 Å². The molecule has 8 nitrogen and oxygen atoms in total. The second kappa shape index (κ2) is 7.10. The molecule has 132 valence electrons. The van der Waals surface area contributed by atoms with Gasteiger partial charge in [-0.05, 0) is 12.1 Å². The van der Waals surface area contributed by atoms with Gasteiger partial charge in [0.15, 0.2) is 5.82 Å². The molecule has 2 aliphatic rings. The van der Waals surface area contributed by atoms with Crippen molar-refractivity contribution in [2.24, 2.45) is 0 Å². The molecule has 0 bridgehead atoms. The van der Waals surface area contributed by atoms with Gasteiger partial charge in [0.25, 0.3) is 0 Å². The molecular formula is C17H21N5O3. The fourth-order valence-electron chi connectivity index (χ4n) is 3.08. The van der Waals surface area contributed by atoms with E-state index in [2.05, 4.69) is 20.1 Å². The number of anilines is 1. The minimum absolute atomic E-state index is 0.0982. The Hall–Kier alpha value is -2.61. The monoisotopic (exact) mass is 343 g/mol. The molecule has 2 aromatic rings. The van der Waals surface area contributed by atoms with Crippen molar-refractivity contribution in [2.45, 2.75) is 12.5 Å². The average molecular weight is 343 g/mol. The predicted octanol–water partition coefficient (Wildman–Crippen LogP) is 1.52. The van der Waals surface area contributed by atoms with Crippen LogP contribution in [0.5, 0.6) is 0 Å². The van der Waals surface area contributed by atoms with Crippen molar-refractivity contribution in [2.75, 3.05) is 44.3 Å². The number of aromatic nitrogens is 3. The molecule has 4 heterocycles. The number of carbonyl (C=O) groups excluding carboxylic acids is 1. The lowest BCUT2D eigenvalue weighted by atomic mass is 10.2. The highest BCUT2D eigenvalue weighted by molar-refractivity contribution is 5.68. The standard InChI is InChI=1S/C17H21N5O3/c23-17(25-14-3-9-24-12-14)22-7-5-21(6-8-22)16-10-15(19-20-16)13-2-1-4-18-11-13/h1-2,4,10-11,14H,3,5-9,12H2,(H,19,20). The first-order valence-electron chi connectivity index (χ1n) is 8.53. The molecule has 0 radical (unpaired) electrons. The molecular weight excluding hydrogens is 322 g/mol. The van der Waals surface area contributed by atoms with E-state index in [1.54, 1.807) is 17.3 Å². The molecule has 1 N–H and O–H groups in total. The lowest BCUT2D eigenvalue weighted by Crippen LogP contribution is -2.49. The molecule has 1 unspecified atom stereocenters. The summed E-state index contributed by atoms with van der Waals surface area (Å²) in [6.07, 6.45) is 4.00. The van der Waals surface area contributed by atoms with Gasteiger partial charge in [-0.1, -0.05) is 0 Å². The van der Waals surface area contributed by atoms with Crippen LogP contribution in [-0.4, -0.2) is 71.7 Å². The number of pyridine rings is 1. The summed E-state index contributed by atoms with van der Waals surface area (Å²) in [5.41, 5.74) is 1.94. The Kier molecular flexibility index (Phi) is 4.51. The number of hydrogen-bond acceptors (Lipinski definition) is 6. The van der Waals surface area contributed by atoms with E-state index in [1.807, 2.05) is 18.2 Å². The third-order valence-electron chi connectivity index (χ3n) is 4.55. The average Bonchev–Trinajstić information content (AvgIpc) is 3.34. The second-order valence-electron chi connectivity index (χ2n) is 6.22. The highest BCUT2D eigenvalue weighted by atomic mass is 16.6. The van der Waals surface area contributed by atoms with Gasteiger partial charge >= 0.3 is 6.09 Å². The highest BCUT2D eigenvalue weighted by Gasteiger charge is 2.27. The number of ether oxygens (including phenoxy) is 2. The van der Waals surface area contributed by atoms with Crippen LogP contribution in [0.4, 0.5) is 10.6 Å². The van der Waals surface area contributed by atoms with Gasteiger partial charge < -0.3 is 19.3 Å². The maximum Gasteiger partial charge on any atom is 0.410 e. The fraction of sp³-hybridized carbons (Fsp3) is 0.471. The topological polar surface area (TPSA) is 83.6 Å². The number of rotatable bonds is 3. The van der Waals surface area contributed by atoms with E-state index in [1.165, 1.54) is 0 Å². The summed E-state index contributed by atoms with van der Waals surface area (Å²) < 4.78 is 10.7. The van der Waals surface area contributed by atoms with Crippen molar-refractivity contribution < 1.29 is 14.3 Å². The van der Waals surface area contributed by atoms with Crippen LogP contribution in [0.15, 0.2) is 30.6 Å². The van der Waals surface area contributed by atoms with Crippen LogP contribution in [0, 0.1) is 0 Å². The maximum atomic E-state index is 12.2. The number of aromatic amines is 1. The van der Waals surface area contributed by atoms with Crippen LogP contribution in [0.2, 0.25) is 0 Å². The lowest BCUT2D eigenvalue weighted by Gasteiger charge is -2.34. The minimum Gasteiger partial charge on any atom is -0.444 e. The van der Waals surface area contributed by atoms with Crippen LogP contribution >= 0.6 is 0 Å². The smallest absolute Gasteiger partial charge is 0.410 e. The molecule has 1 atom stereocenters. The van der Waals surface area contributed by atoms with Crippen molar-refractivity contribution in [1.82, 2.24) is 20.1 Å². The van der Waals surface area contributed by atoms with Gasteiger partial charge in [-0.15, -0.1) is 0 Å². The molecule has 2 fully saturated rings. The van der Waals surface area contributed by atoms with Crippen molar-refractivity contribution in [3.63, 3.8) is 0 Å². The Balaban J connectivity index is 1.33. The van der Waals surface area contributed by atoms with Gasteiger partial charge in [-0.2, -0.15) is 5.10 Å². The van der Waals surface area contributed by atoms with Crippen LogP contribution in [0.1, 0.15) is 6.42 Å². The van der Waals surface area contributed by atoms with Gasteiger partial charge in [0.2, 0.25) is 0 Å². The predicted molar refractivity (Wildman–Crippen MR) is 91.3 cm³/mol. The van der Waals surface area contributed by atoms with Gasteiger partial charge in [-0.3, -0.25) is 10.1 Å². The molecule has 1 amide bonds. The summed E-state index contributed by atoms with van der Waals surface area (Å²) in [5.74, 6) is 0.885.